The molecule has 0 aliphatic carbocycles. The number of aromatic nitrogens is 6. The van der Waals surface area contributed by atoms with Gasteiger partial charge in [0.1, 0.15) is 16.8 Å². The van der Waals surface area contributed by atoms with Crippen molar-refractivity contribution in [1.82, 2.24) is 39.5 Å². The van der Waals surface area contributed by atoms with E-state index in [-0.39, 0.29) is 18.0 Å². The summed E-state index contributed by atoms with van der Waals surface area (Å²) in [4.78, 5) is 48.0. The minimum absolute atomic E-state index is 0.228. The Labute approximate surface area is 343 Å². The summed E-state index contributed by atoms with van der Waals surface area (Å²) < 4.78 is 17.5. The van der Waals surface area contributed by atoms with Gasteiger partial charge >= 0.3 is 0 Å². The number of fused-ring (bicyclic) bond motifs is 1. The summed E-state index contributed by atoms with van der Waals surface area (Å²) in [5, 5.41) is 18.5. The van der Waals surface area contributed by atoms with Crippen LogP contribution in [0.3, 0.4) is 0 Å². The van der Waals surface area contributed by atoms with Crippen molar-refractivity contribution in [1.29, 1.82) is 0 Å². The third-order valence-electron chi connectivity index (χ3n) is 11.0. The van der Waals surface area contributed by atoms with E-state index in [4.69, 9.17) is 16.6 Å². The second-order valence-corrected chi connectivity index (χ2v) is 15.9. The number of nitrogens with zero attached hydrogens (tertiary/aromatic N) is 7. The zero-order chi connectivity index (χ0) is 41.0. The Morgan fingerprint density at radius 2 is 1.81 bits per heavy atom. The second-order valence-electron chi connectivity index (χ2n) is 15.5. The van der Waals surface area contributed by atoms with Crippen LogP contribution in [0.1, 0.15) is 41.0 Å². The van der Waals surface area contributed by atoms with Gasteiger partial charge < -0.3 is 25.6 Å². The Bertz CT molecular complexity index is 2830. The molecule has 13 nitrogen and oxygen atoms in total. The SMILES string of the molecule is C=CCn1c(=O)c2cnc(Nc3ccc(N4CCN(Cc5ccc(-c6[nH]c7cc(F)cc8c7c6CCNC8=O)cc5Cl)CC4)cc3)nc2n1-c1cccc(C(C)(C)O)n1. The van der Waals surface area contributed by atoms with Gasteiger partial charge in [0, 0.05) is 78.5 Å². The predicted molar refractivity (Wildman–Crippen MR) is 228 cm³/mol. The Kier molecular flexibility index (Phi) is 9.78. The number of aliphatic hydroxyl groups is 1. The number of benzene rings is 3. The highest BCUT2D eigenvalue weighted by Gasteiger charge is 2.25. The molecule has 4 N–H and O–H groups in total. The molecule has 0 spiro atoms. The number of nitrogens with one attached hydrogen (secondary N) is 3. The summed E-state index contributed by atoms with van der Waals surface area (Å²) in [6, 6.07) is 22.2. The molecule has 0 bridgehead atoms. The molecular formula is C44H42ClFN10O3. The van der Waals surface area contributed by atoms with Crippen LogP contribution in [-0.4, -0.2) is 77.9 Å². The molecule has 1 amide bonds. The maximum Gasteiger partial charge on any atom is 0.278 e. The molecule has 300 valence electrons. The fourth-order valence-electron chi connectivity index (χ4n) is 8.05. The van der Waals surface area contributed by atoms with E-state index in [9.17, 15) is 19.1 Å². The average Bonchev–Trinajstić information content (AvgIpc) is 3.65. The summed E-state index contributed by atoms with van der Waals surface area (Å²) >= 11 is 6.90. The first-order chi connectivity index (χ1) is 28.4. The average molecular weight is 813 g/mol. The number of halogens is 2. The van der Waals surface area contributed by atoms with Gasteiger partial charge in [0.2, 0.25) is 5.95 Å². The number of piperazine rings is 1. The molecule has 6 heterocycles. The zero-order valence-corrected chi connectivity index (χ0v) is 33.4. The molecule has 4 aromatic heterocycles. The van der Waals surface area contributed by atoms with Gasteiger partial charge in [-0.2, -0.15) is 4.98 Å². The van der Waals surface area contributed by atoms with Gasteiger partial charge in [-0.25, -0.2) is 23.7 Å². The zero-order valence-electron chi connectivity index (χ0n) is 32.6. The third-order valence-corrected chi connectivity index (χ3v) is 11.4. The molecule has 3 aromatic carbocycles. The van der Waals surface area contributed by atoms with Gasteiger partial charge in [0.25, 0.3) is 11.5 Å². The highest BCUT2D eigenvalue weighted by Crippen LogP contribution is 2.36. The van der Waals surface area contributed by atoms with Crippen LogP contribution in [0.4, 0.5) is 21.7 Å². The summed E-state index contributed by atoms with van der Waals surface area (Å²) in [6.45, 7) is 11.9. The van der Waals surface area contributed by atoms with Gasteiger partial charge in [-0.1, -0.05) is 35.9 Å². The molecule has 0 atom stereocenters. The van der Waals surface area contributed by atoms with Crippen molar-refractivity contribution in [3.8, 4) is 17.1 Å². The molecule has 1 fully saturated rings. The van der Waals surface area contributed by atoms with Gasteiger partial charge in [-0.15, -0.1) is 6.58 Å². The largest absolute Gasteiger partial charge is 0.384 e. The van der Waals surface area contributed by atoms with E-state index in [0.29, 0.717) is 64.1 Å². The Balaban J connectivity index is 0.865. The lowest BCUT2D eigenvalue weighted by Crippen LogP contribution is -2.46. The van der Waals surface area contributed by atoms with Gasteiger partial charge in [0.05, 0.1) is 17.8 Å². The number of pyridine rings is 1. The fraction of sp³-hybridized carbons (Fsp3) is 0.250. The van der Waals surface area contributed by atoms with E-state index < -0.39 is 11.4 Å². The third kappa shape index (κ3) is 7.24. The fourth-order valence-corrected chi connectivity index (χ4v) is 8.29. The number of carbonyl (C=O) groups is 1. The van der Waals surface area contributed by atoms with Crippen molar-refractivity contribution in [2.24, 2.45) is 0 Å². The summed E-state index contributed by atoms with van der Waals surface area (Å²) in [5.74, 6) is 0.0330. The number of hydrogen-bond acceptors (Lipinski definition) is 9. The number of hydrogen-bond donors (Lipinski definition) is 4. The molecule has 2 aliphatic rings. The molecule has 2 aliphatic heterocycles. The lowest BCUT2D eigenvalue weighted by molar-refractivity contribution is 0.0737. The summed E-state index contributed by atoms with van der Waals surface area (Å²) in [6.07, 6.45) is 3.77. The second kappa shape index (κ2) is 15.1. The number of H-pyrrole nitrogens is 1. The van der Waals surface area contributed by atoms with E-state index in [1.165, 1.54) is 23.0 Å². The minimum atomic E-state index is -1.18. The van der Waals surface area contributed by atoms with Gasteiger partial charge in [-0.05, 0) is 91.6 Å². The van der Waals surface area contributed by atoms with Crippen LogP contribution in [0.5, 0.6) is 0 Å². The maximum atomic E-state index is 14.4. The van der Waals surface area contributed by atoms with E-state index in [1.54, 1.807) is 42.8 Å². The van der Waals surface area contributed by atoms with Gasteiger partial charge in [0.15, 0.2) is 11.5 Å². The van der Waals surface area contributed by atoms with Crippen LogP contribution in [0.2, 0.25) is 5.02 Å². The van der Waals surface area contributed by atoms with Crippen molar-refractivity contribution in [3.05, 3.63) is 135 Å². The van der Waals surface area contributed by atoms with E-state index in [2.05, 4.69) is 60.2 Å². The molecule has 15 heteroatoms. The van der Waals surface area contributed by atoms with Crippen molar-refractivity contribution in [2.45, 2.75) is 39.0 Å². The normalized spacial score (nSPS) is 14.8. The molecule has 7 aromatic rings. The highest BCUT2D eigenvalue weighted by molar-refractivity contribution is 6.31. The lowest BCUT2D eigenvalue weighted by atomic mass is 9.99. The first-order valence-electron chi connectivity index (χ1n) is 19.5. The lowest BCUT2D eigenvalue weighted by Gasteiger charge is -2.36. The summed E-state index contributed by atoms with van der Waals surface area (Å²) in [5.41, 5.74) is 5.98. The minimum Gasteiger partial charge on any atom is -0.384 e. The number of rotatable bonds is 10. The first kappa shape index (κ1) is 38.2. The molecular weight excluding hydrogens is 771 g/mol. The number of anilines is 3. The highest BCUT2D eigenvalue weighted by atomic mass is 35.5. The molecule has 9 rings (SSSR count). The Morgan fingerprint density at radius 3 is 2.56 bits per heavy atom. The number of carbonyl (C=O) groups excluding carboxylic acids is 1. The van der Waals surface area contributed by atoms with Crippen LogP contribution in [0.15, 0.2) is 96.4 Å². The van der Waals surface area contributed by atoms with Crippen LogP contribution >= 0.6 is 11.6 Å². The van der Waals surface area contributed by atoms with E-state index >= 15 is 0 Å². The van der Waals surface area contributed by atoms with Crippen molar-refractivity contribution >= 4 is 56.8 Å². The Hall–Kier alpha value is -6.35. The van der Waals surface area contributed by atoms with Crippen LogP contribution in [0.25, 0.3) is 39.0 Å². The van der Waals surface area contributed by atoms with Crippen molar-refractivity contribution in [3.63, 3.8) is 0 Å². The summed E-state index contributed by atoms with van der Waals surface area (Å²) in [7, 11) is 0. The monoisotopic (exact) mass is 812 g/mol. The maximum absolute atomic E-state index is 14.4. The first-order valence-corrected chi connectivity index (χ1v) is 19.9. The van der Waals surface area contributed by atoms with E-state index in [1.807, 2.05) is 24.3 Å². The van der Waals surface area contributed by atoms with Crippen molar-refractivity contribution in [2.75, 3.05) is 42.9 Å². The molecule has 59 heavy (non-hydrogen) atoms. The Morgan fingerprint density at radius 1 is 1.02 bits per heavy atom. The predicted octanol–water partition coefficient (Wildman–Crippen LogP) is 6.68. The number of allylic oxidation sites excluding steroid dienone is 1. The number of aromatic amines is 1. The molecule has 1 saturated heterocycles. The molecule has 0 unspecified atom stereocenters. The van der Waals surface area contributed by atoms with Crippen LogP contribution in [0, 0.1) is 5.82 Å². The number of amides is 1. The van der Waals surface area contributed by atoms with Crippen LogP contribution in [-0.2, 0) is 25.1 Å². The van der Waals surface area contributed by atoms with Gasteiger partial charge in [-0.3, -0.25) is 14.5 Å². The molecule has 0 radical (unpaired) electrons. The molecule has 0 saturated carbocycles. The topological polar surface area (TPSA) is 149 Å². The van der Waals surface area contributed by atoms with Crippen LogP contribution < -0.4 is 21.1 Å². The standard InChI is InChI=1S/C44H42ClFN10O3/c1-4-16-55-42(58)33-24-48-43(52-40(33)56(55)37-7-5-6-36(51-37)44(2,3)59)49-29-10-12-30(13-11-29)54-19-17-53(18-20-54)25-27-9-8-26(21-34(27)45)39-31-14-15-47-41(57)32-22-28(46)23-35(50-39)38(31)32/h4-13,21-24,50,59H,1,14-20,25H2,2-3H3,(H,47,57)(H,48,49,52). The quantitative estimate of drug-likeness (QED) is 0.111. The van der Waals surface area contributed by atoms with E-state index in [0.717, 1.165) is 65.3 Å². The smallest absolute Gasteiger partial charge is 0.278 e. The van der Waals surface area contributed by atoms with Crippen molar-refractivity contribution < 1.29 is 14.3 Å².